The zero-order valence-corrected chi connectivity index (χ0v) is 10.1. The lowest BCUT2D eigenvalue weighted by atomic mass is 9.86. The largest absolute Gasteiger partial charge is 0.463 e. The van der Waals surface area contributed by atoms with Gasteiger partial charge in [-0.3, -0.25) is 0 Å². The molecule has 0 aliphatic heterocycles. The summed E-state index contributed by atoms with van der Waals surface area (Å²) < 4.78 is 10.8. The minimum Gasteiger partial charge on any atom is -0.463 e. The van der Waals surface area contributed by atoms with Crippen molar-refractivity contribution in [3.8, 4) is 0 Å². The maximum atomic E-state index is 5.73. The molecule has 3 nitrogen and oxygen atoms in total. The van der Waals surface area contributed by atoms with Gasteiger partial charge in [-0.05, 0) is 32.1 Å². The third-order valence-electron chi connectivity index (χ3n) is 2.62. The first kappa shape index (κ1) is 12.3. The first-order valence-electron chi connectivity index (χ1n) is 5.33. The average Bonchev–Trinajstić information content (AvgIpc) is 2.65. The minimum atomic E-state index is 0.0784. The van der Waals surface area contributed by atoms with E-state index in [9.17, 15) is 0 Å². The van der Waals surface area contributed by atoms with E-state index in [0.717, 1.165) is 24.5 Å². The molecule has 1 N–H and O–H groups in total. The summed E-state index contributed by atoms with van der Waals surface area (Å²) in [4.78, 5) is 0. The van der Waals surface area contributed by atoms with Gasteiger partial charge in [0.25, 0.3) is 0 Å². The fourth-order valence-electron chi connectivity index (χ4n) is 1.52. The molecule has 0 unspecified atom stereocenters. The monoisotopic (exact) mass is 211 g/mol. The lowest BCUT2D eigenvalue weighted by Crippen LogP contribution is -2.22. The molecule has 0 spiro atoms. The molecule has 86 valence electrons. The molecule has 3 heteroatoms. The van der Waals surface area contributed by atoms with Gasteiger partial charge in [-0.15, -0.1) is 0 Å². The van der Waals surface area contributed by atoms with Crippen molar-refractivity contribution in [2.75, 3.05) is 20.7 Å². The Morgan fingerprint density at radius 1 is 1.40 bits per heavy atom. The first-order valence-corrected chi connectivity index (χ1v) is 5.33. The molecule has 1 aromatic heterocycles. The SMILES string of the molecule is CNCCC(C)(C)c1ccc(COC)o1. The summed E-state index contributed by atoms with van der Waals surface area (Å²) in [6.45, 7) is 5.93. The van der Waals surface area contributed by atoms with Gasteiger partial charge < -0.3 is 14.5 Å². The number of nitrogens with one attached hydrogen (secondary N) is 1. The summed E-state index contributed by atoms with van der Waals surface area (Å²) in [5.41, 5.74) is 0.0784. The Bertz CT molecular complexity index is 292. The van der Waals surface area contributed by atoms with Crippen molar-refractivity contribution >= 4 is 0 Å². The van der Waals surface area contributed by atoms with Crippen LogP contribution >= 0.6 is 0 Å². The molecule has 0 amide bonds. The summed E-state index contributed by atoms with van der Waals surface area (Å²) in [5, 5.41) is 3.16. The Balaban J connectivity index is 2.67. The van der Waals surface area contributed by atoms with Gasteiger partial charge in [-0.1, -0.05) is 13.8 Å². The average molecular weight is 211 g/mol. The molecule has 0 radical (unpaired) electrons. The fourth-order valence-corrected chi connectivity index (χ4v) is 1.52. The maximum Gasteiger partial charge on any atom is 0.129 e. The highest BCUT2D eigenvalue weighted by Gasteiger charge is 2.23. The Morgan fingerprint density at radius 3 is 2.73 bits per heavy atom. The molecule has 1 rings (SSSR count). The minimum absolute atomic E-state index is 0.0784. The topological polar surface area (TPSA) is 34.4 Å². The molecule has 0 saturated carbocycles. The van der Waals surface area contributed by atoms with E-state index in [2.05, 4.69) is 19.2 Å². The zero-order valence-electron chi connectivity index (χ0n) is 10.1. The van der Waals surface area contributed by atoms with Gasteiger partial charge in [0.1, 0.15) is 18.1 Å². The lowest BCUT2D eigenvalue weighted by molar-refractivity contribution is 0.160. The molecule has 0 aliphatic rings. The van der Waals surface area contributed by atoms with E-state index in [1.807, 2.05) is 19.2 Å². The van der Waals surface area contributed by atoms with Crippen LogP contribution in [0.5, 0.6) is 0 Å². The molecular weight excluding hydrogens is 190 g/mol. The number of hydrogen-bond acceptors (Lipinski definition) is 3. The second-order valence-electron chi connectivity index (χ2n) is 4.44. The first-order chi connectivity index (χ1) is 7.10. The summed E-state index contributed by atoms with van der Waals surface area (Å²) in [5.74, 6) is 1.93. The predicted octanol–water partition coefficient (Wildman–Crippen LogP) is 2.31. The second kappa shape index (κ2) is 5.33. The smallest absolute Gasteiger partial charge is 0.129 e. The highest BCUT2D eigenvalue weighted by molar-refractivity contribution is 5.15. The summed E-state index contributed by atoms with van der Waals surface area (Å²) >= 11 is 0. The third-order valence-corrected chi connectivity index (χ3v) is 2.62. The van der Waals surface area contributed by atoms with Gasteiger partial charge in [0.05, 0.1) is 0 Å². The summed E-state index contributed by atoms with van der Waals surface area (Å²) in [6, 6.07) is 4.03. The number of rotatable bonds is 6. The van der Waals surface area contributed by atoms with Crippen molar-refractivity contribution in [3.63, 3.8) is 0 Å². The zero-order chi connectivity index (χ0) is 11.3. The van der Waals surface area contributed by atoms with Crippen LogP contribution in [0.25, 0.3) is 0 Å². The van der Waals surface area contributed by atoms with Crippen molar-refractivity contribution in [2.45, 2.75) is 32.3 Å². The fraction of sp³-hybridized carbons (Fsp3) is 0.667. The molecule has 1 heterocycles. The van der Waals surface area contributed by atoms with Crippen LogP contribution in [-0.2, 0) is 16.8 Å². The molecule has 0 bridgehead atoms. The van der Waals surface area contributed by atoms with Gasteiger partial charge in [0, 0.05) is 12.5 Å². The van der Waals surface area contributed by atoms with Crippen LogP contribution in [0.3, 0.4) is 0 Å². The Hall–Kier alpha value is -0.800. The van der Waals surface area contributed by atoms with Crippen molar-refractivity contribution in [1.29, 1.82) is 0 Å². The van der Waals surface area contributed by atoms with Gasteiger partial charge in [0.2, 0.25) is 0 Å². The Labute approximate surface area is 91.8 Å². The summed E-state index contributed by atoms with van der Waals surface area (Å²) in [7, 11) is 3.64. The van der Waals surface area contributed by atoms with E-state index in [1.165, 1.54) is 0 Å². The Morgan fingerprint density at radius 2 is 2.13 bits per heavy atom. The predicted molar refractivity (Wildman–Crippen MR) is 61.0 cm³/mol. The van der Waals surface area contributed by atoms with Crippen molar-refractivity contribution < 1.29 is 9.15 Å². The lowest BCUT2D eigenvalue weighted by Gasteiger charge is -2.21. The van der Waals surface area contributed by atoms with Crippen molar-refractivity contribution in [3.05, 3.63) is 23.7 Å². The van der Waals surface area contributed by atoms with Crippen molar-refractivity contribution in [1.82, 2.24) is 5.32 Å². The summed E-state index contributed by atoms with van der Waals surface area (Å²) in [6.07, 6.45) is 1.06. The number of ether oxygens (including phenoxy) is 1. The highest BCUT2D eigenvalue weighted by Crippen LogP contribution is 2.28. The van der Waals surface area contributed by atoms with Gasteiger partial charge in [0.15, 0.2) is 0 Å². The van der Waals surface area contributed by atoms with Crippen LogP contribution in [0.15, 0.2) is 16.5 Å². The van der Waals surface area contributed by atoms with Crippen LogP contribution < -0.4 is 5.32 Å². The standard InChI is InChI=1S/C12H21NO2/c1-12(2,7-8-13-3)11-6-5-10(15-11)9-14-4/h5-6,13H,7-9H2,1-4H3. The molecule has 0 saturated heterocycles. The van der Waals surface area contributed by atoms with E-state index >= 15 is 0 Å². The molecule has 1 aromatic rings. The van der Waals surface area contributed by atoms with Crippen molar-refractivity contribution in [2.24, 2.45) is 0 Å². The number of methoxy groups -OCH3 is 1. The van der Waals surface area contributed by atoms with Crippen LogP contribution in [0, 0.1) is 0 Å². The number of hydrogen-bond donors (Lipinski definition) is 1. The van der Waals surface area contributed by atoms with Crippen LogP contribution in [0.4, 0.5) is 0 Å². The van der Waals surface area contributed by atoms with Gasteiger partial charge in [-0.25, -0.2) is 0 Å². The van der Waals surface area contributed by atoms with E-state index in [-0.39, 0.29) is 5.41 Å². The Kier molecular flexibility index (Phi) is 4.36. The normalized spacial score (nSPS) is 12.0. The molecule has 15 heavy (non-hydrogen) atoms. The molecule has 0 aromatic carbocycles. The van der Waals surface area contributed by atoms with Gasteiger partial charge >= 0.3 is 0 Å². The number of furan rings is 1. The van der Waals surface area contributed by atoms with Crippen LogP contribution in [0.2, 0.25) is 0 Å². The van der Waals surface area contributed by atoms with Crippen LogP contribution in [-0.4, -0.2) is 20.7 Å². The quantitative estimate of drug-likeness (QED) is 0.784. The van der Waals surface area contributed by atoms with Gasteiger partial charge in [-0.2, -0.15) is 0 Å². The molecule has 0 aliphatic carbocycles. The second-order valence-corrected chi connectivity index (χ2v) is 4.44. The van der Waals surface area contributed by atoms with E-state index in [4.69, 9.17) is 9.15 Å². The van der Waals surface area contributed by atoms with E-state index in [1.54, 1.807) is 7.11 Å². The maximum absolute atomic E-state index is 5.73. The van der Waals surface area contributed by atoms with E-state index < -0.39 is 0 Å². The molecular formula is C12H21NO2. The van der Waals surface area contributed by atoms with Crippen LogP contribution in [0.1, 0.15) is 31.8 Å². The highest BCUT2D eigenvalue weighted by atomic mass is 16.5. The van der Waals surface area contributed by atoms with E-state index in [0.29, 0.717) is 6.61 Å². The molecule has 0 atom stereocenters. The third kappa shape index (κ3) is 3.36. The molecule has 0 fully saturated rings.